The smallest absolute Gasteiger partial charge is 0.336 e. The minimum Gasteiger partial charge on any atom is -0.485 e. The van der Waals surface area contributed by atoms with E-state index >= 15 is 0 Å². The zero-order chi connectivity index (χ0) is 17.5. The number of rotatable bonds is 2. The maximum absolute atomic E-state index is 12.1. The first-order valence-corrected chi connectivity index (χ1v) is 7.96. The first-order chi connectivity index (χ1) is 11.3. The van der Waals surface area contributed by atoms with E-state index in [1.807, 2.05) is 33.8 Å². The van der Waals surface area contributed by atoms with Gasteiger partial charge in [-0.1, -0.05) is 11.6 Å². The molecule has 0 bridgehead atoms. The minimum absolute atomic E-state index is 0.119. The third-order valence-electron chi connectivity index (χ3n) is 4.20. The van der Waals surface area contributed by atoms with Gasteiger partial charge < -0.3 is 14.5 Å². The van der Waals surface area contributed by atoms with Crippen molar-refractivity contribution in [3.63, 3.8) is 0 Å². The zero-order valence-electron chi connectivity index (χ0n) is 14.3. The highest BCUT2D eigenvalue weighted by molar-refractivity contribution is 5.89. The average molecular weight is 327 g/mol. The van der Waals surface area contributed by atoms with Crippen molar-refractivity contribution in [2.45, 2.75) is 45.8 Å². The first kappa shape index (κ1) is 16.3. The quantitative estimate of drug-likeness (QED) is 0.680. The molecule has 0 saturated heterocycles. The third kappa shape index (κ3) is 3.07. The van der Waals surface area contributed by atoms with Crippen LogP contribution in [0.25, 0.3) is 11.0 Å². The van der Waals surface area contributed by atoms with Crippen LogP contribution in [-0.4, -0.2) is 17.6 Å². The first-order valence-electron chi connectivity index (χ1n) is 7.96. The molecule has 5 heteroatoms. The van der Waals surface area contributed by atoms with Gasteiger partial charge in [-0.2, -0.15) is 0 Å². The summed E-state index contributed by atoms with van der Waals surface area (Å²) in [5, 5.41) is 3.80. The molecule has 0 fully saturated rings. The average Bonchev–Trinajstić information content (AvgIpc) is 2.46. The summed E-state index contributed by atoms with van der Waals surface area (Å²) < 4.78 is 11.4. The van der Waals surface area contributed by atoms with Gasteiger partial charge in [0.15, 0.2) is 0 Å². The predicted molar refractivity (Wildman–Crippen MR) is 92.3 cm³/mol. The van der Waals surface area contributed by atoms with E-state index in [1.54, 1.807) is 18.2 Å². The van der Waals surface area contributed by atoms with Crippen LogP contribution in [0.5, 0.6) is 5.75 Å². The van der Waals surface area contributed by atoms with Crippen LogP contribution >= 0.6 is 0 Å². The number of carbonyl (C=O) groups is 1. The Hall–Kier alpha value is -2.56. The predicted octanol–water partition coefficient (Wildman–Crippen LogP) is 2.96. The van der Waals surface area contributed by atoms with E-state index in [0.717, 1.165) is 16.5 Å². The second-order valence-electron chi connectivity index (χ2n) is 6.91. The van der Waals surface area contributed by atoms with Crippen molar-refractivity contribution in [3.8, 4) is 5.75 Å². The number of hydrogen-bond acceptors (Lipinski definition) is 4. The van der Waals surface area contributed by atoms with Crippen molar-refractivity contribution in [2.24, 2.45) is 0 Å². The summed E-state index contributed by atoms with van der Waals surface area (Å²) in [4.78, 5) is 23.5. The molecule has 5 nitrogen and oxygen atoms in total. The molecule has 126 valence electrons. The Morgan fingerprint density at radius 1 is 1.25 bits per heavy atom. The van der Waals surface area contributed by atoms with Gasteiger partial charge in [-0.3, -0.25) is 4.79 Å². The molecule has 0 saturated carbocycles. The lowest BCUT2D eigenvalue weighted by Crippen LogP contribution is -2.55. The van der Waals surface area contributed by atoms with Crippen LogP contribution in [-0.2, 0) is 11.2 Å². The van der Waals surface area contributed by atoms with Crippen molar-refractivity contribution < 1.29 is 13.9 Å². The van der Waals surface area contributed by atoms with Crippen LogP contribution < -0.4 is 15.7 Å². The maximum Gasteiger partial charge on any atom is 0.336 e. The van der Waals surface area contributed by atoms with Gasteiger partial charge in [0.05, 0.1) is 11.4 Å². The van der Waals surface area contributed by atoms with Crippen LogP contribution in [0, 0.1) is 0 Å². The number of carbonyl (C=O) groups excluding carboxylic acids is 1. The lowest BCUT2D eigenvalue weighted by molar-refractivity contribution is -0.118. The van der Waals surface area contributed by atoms with Gasteiger partial charge in [0.25, 0.3) is 0 Å². The lowest BCUT2D eigenvalue weighted by Gasteiger charge is -2.40. The van der Waals surface area contributed by atoms with E-state index in [1.165, 1.54) is 6.07 Å². The summed E-state index contributed by atoms with van der Waals surface area (Å²) in [7, 11) is 0. The topological polar surface area (TPSA) is 68.5 Å². The lowest BCUT2D eigenvalue weighted by atomic mass is 9.87. The Bertz CT molecular complexity index is 888. The Morgan fingerprint density at radius 2 is 2.00 bits per heavy atom. The second-order valence-corrected chi connectivity index (χ2v) is 6.91. The minimum atomic E-state index is -0.581. The van der Waals surface area contributed by atoms with Crippen LogP contribution in [0.1, 0.15) is 33.3 Å². The molecular formula is C19H21NO4. The summed E-state index contributed by atoms with van der Waals surface area (Å²) in [5.41, 5.74) is 1.47. The fourth-order valence-corrected chi connectivity index (χ4v) is 2.95. The van der Waals surface area contributed by atoms with Gasteiger partial charge in [-0.15, -0.1) is 0 Å². The van der Waals surface area contributed by atoms with Gasteiger partial charge in [-0.25, -0.2) is 4.79 Å². The van der Waals surface area contributed by atoms with Crippen molar-refractivity contribution in [3.05, 3.63) is 51.9 Å². The van der Waals surface area contributed by atoms with Crippen molar-refractivity contribution in [1.29, 1.82) is 0 Å². The molecule has 1 atom stereocenters. The van der Waals surface area contributed by atoms with Crippen LogP contribution in [0.4, 0.5) is 0 Å². The van der Waals surface area contributed by atoms with Crippen LogP contribution in [0.3, 0.4) is 0 Å². The van der Waals surface area contributed by atoms with Gasteiger partial charge in [-0.05, 0) is 45.4 Å². The molecule has 0 spiro atoms. The Labute approximate surface area is 140 Å². The van der Waals surface area contributed by atoms with E-state index in [4.69, 9.17) is 9.15 Å². The van der Waals surface area contributed by atoms with Crippen LogP contribution in [0.2, 0.25) is 0 Å². The molecule has 0 aliphatic carbocycles. The highest BCUT2D eigenvalue weighted by atomic mass is 16.5. The summed E-state index contributed by atoms with van der Waals surface area (Å²) in [5.74, 6) is 0.598. The number of benzene rings is 1. The molecular weight excluding hydrogens is 306 g/mol. The molecule has 1 aromatic carbocycles. The van der Waals surface area contributed by atoms with E-state index in [2.05, 4.69) is 5.32 Å². The Morgan fingerprint density at radius 3 is 2.71 bits per heavy atom. The Balaban J connectivity index is 1.98. The number of hydrogen-bond donors (Lipinski definition) is 1. The molecule has 1 aromatic heterocycles. The van der Waals surface area contributed by atoms with Gasteiger partial charge in [0.1, 0.15) is 16.9 Å². The standard InChI is InChI=1S/C19H21NO4/c1-11(2)9-16(21)20-15-10-12-5-7-14-13(6-8-17(22)23-14)18(12)24-19(15,3)4/h5-9,15H,10H2,1-4H3,(H,20,21). The van der Waals surface area contributed by atoms with Gasteiger partial charge >= 0.3 is 5.63 Å². The zero-order valence-corrected chi connectivity index (χ0v) is 14.3. The molecule has 24 heavy (non-hydrogen) atoms. The van der Waals surface area contributed by atoms with E-state index in [-0.39, 0.29) is 17.6 Å². The fraction of sp³-hybridized carbons (Fsp3) is 0.368. The van der Waals surface area contributed by atoms with E-state index in [0.29, 0.717) is 17.8 Å². The molecule has 2 aromatic rings. The van der Waals surface area contributed by atoms with Crippen molar-refractivity contribution in [1.82, 2.24) is 5.32 Å². The molecule has 1 N–H and O–H groups in total. The monoisotopic (exact) mass is 327 g/mol. The van der Waals surface area contributed by atoms with Gasteiger partial charge in [0.2, 0.25) is 5.91 Å². The molecule has 3 rings (SSSR count). The van der Waals surface area contributed by atoms with E-state index in [9.17, 15) is 9.59 Å². The van der Waals surface area contributed by atoms with Crippen molar-refractivity contribution in [2.75, 3.05) is 0 Å². The largest absolute Gasteiger partial charge is 0.485 e. The van der Waals surface area contributed by atoms with Crippen molar-refractivity contribution >= 4 is 16.9 Å². The fourth-order valence-electron chi connectivity index (χ4n) is 2.95. The maximum atomic E-state index is 12.1. The molecule has 1 unspecified atom stereocenters. The normalized spacial score (nSPS) is 18.4. The summed E-state index contributed by atoms with van der Waals surface area (Å²) in [6.45, 7) is 7.66. The number of amides is 1. The van der Waals surface area contributed by atoms with Crippen LogP contribution in [0.15, 0.2) is 45.1 Å². The molecule has 1 aliphatic rings. The third-order valence-corrected chi connectivity index (χ3v) is 4.20. The molecule has 2 heterocycles. The van der Waals surface area contributed by atoms with E-state index < -0.39 is 5.60 Å². The number of nitrogens with one attached hydrogen (secondary N) is 1. The molecule has 0 radical (unpaired) electrons. The summed E-state index contributed by atoms with van der Waals surface area (Å²) in [6, 6.07) is 6.61. The number of ether oxygens (including phenoxy) is 1. The summed E-state index contributed by atoms with van der Waals surface area (Å²) >= 11 is 0. The highest BCUT2D eigenvalue weighted by Crippen LogP contribution is 2.38. The number of fused-ring (bicyclic) bond motifs is 3. The molecule has 1 amide bonds. The second kappa shape index (κ2) is 5.82. The summed E-state index contributed by atoms with van der Waals surface area (Å²) in [6.07, 6.45) is 2.24. The number of allylic oxidation sites excluding steroid dienone is 1. The van der Waals surface area contributed by atoms with Gasteiger partial charge in [0, 0.05) is 18.6 Å². The Kier molecular flexibility index (Phi) is 3.95. The molecule has 1 aliphatic heterocycles. The highest BCUT2D eigenvalue weighted by Gasteiger charge is 2.38. The SMILES string of the molecule is CC(C)=CC(=O)NC1Cc2ccc3oc(=O)ccc3c2OC1(C)C.